The second kappa shape index (κ2) is 4.40. The van der Waals surface area contributed by atoms with Gasteiger partial charge in [-0.15, -0.1) is 0 Å². The maximum absolute atomic E-state index is 9.46. The first-order chi connectivity index (χ1) is 6.00. The van der Waals surface area contributed by atoms with Gasteiger partial charge in [-0.2, -0.15) is 0 Å². The summed E-state index contributed by atoms with van der Waals surface area (Å²) in [5.74, 6) is 0. The quantitative estimate of drug-likeness (QED) is 0.696. The molecule has 1 fully saturated rings. The smallest absolute Gasteiger partial charge is 0.0678 e. The summed E-state index contributed by atoms with van der Waals surface area (Å²) in [5, 5.41) is 9.46. The number of rotatable bonds is 2. The molecule has 4 atom stereocenters. The molecule has 0 saturated carbocycles. The summed E-state index contributed by atoms with van der Waals surface area (Å²) in [6, 6.07) is 0.230. The zero-order chi connectivity index (χ0) is 10.0. The molecule has 13 heavy (non-hydrogen) atoms. The van der Waals surface area contributed by atoms with Gasteiger partial charge in [-0.25, -0.2) is 0 Å². The molecule has 3 nitrogen and oxygen atoms in total. The third-order valence-electron chi connectivity index (χ3n) is 2.72. The molecule has 1 aliphatic heterocycles. The molecule has 1 heterocycles. The minimum Gasteiger partial charge on any atom is -0.392 e. The highest BCUT2D eigenvalue weighted by atomic mass is 16.5. The Balaban J connectivity index is 2.49. The second-order valence-electron chi connectivity index (χ2n) is 4.19. The van der Waals surface area contributed by atoms with Gasteiger partial charge in [0.2, 0.25) is 0 Å². The molecule has 0 aromatic heterocycles. The topological polar surface area (TPSA) is 32.7 Å². The van der Waals surface area contributed by atoms with E-state index in [0.717, 1.165) is 13.1 Å². The normalized spacial score (nSPS) is 35.8. The van der Waals surface area contributed by atoms with Crippen molar-refractivity contribution in [1.82, 2.24) is 4.90 Å². The number of aliphatic hydroxyl groups is 1. The third kappa shape index (κ3) is 2.93. The van der Waals surface area contributed by atoms with Gasteiger partial charge in [-0.05, 0) is 27.7 Å². The van der Waals surface area contributed by atoms with E-state index < -0.39 is 0 Å². The van der Waals surface area contributed by atoms with E-state index in [2.05, 4.69) is 25.7 Å². The van der Waals surface area contributed by atoms with Crippen molar-refractivity contribution in [2.75, 3.05) is 13.1 Å². The van der Waals surface area contributed by atoms with Gasteiger partial charge in [0.05, 0.1) is 18.3 Å². The largest absolute Gasteiger partial charge is 0.392 e. The van der Waals surface area contributed by atoms with E-state index in [1.807, 2.05) is 6.92 Å². The fourth-order valence-electron chi connectivity index (χ4n) is 1.86. The number of aliphatic hydroxyl groups excluding tert-OH is 1. The standard InChI is InChI=1S/C10H21NO2/c1-7-5-11(6-8(2)13-7)9(3)10(4)12/h7-10,12H,5-6H2,1-4H3. The van der Waals surface area contributed by atoms with Crippen LogP contribution in [0.4, 0.5) is 0 Å². The number of ether oxygens (including phenoxy) is 1. The van der Waals surface area contributed by atoms with Crippen molar-refractivity contribution in [1.29, 1.82) is 0 Å². The first kappa shape index (κ1) is 11.0. The summed E-state index contributed by atoms with van der Waals surface area (Å²) in [4.78, 5) is 2.30. The van der Waals surface area contributed by atoms with Crippen molar-refractivity contribution in [3.8, 4) is 0 Å². The lowest BCUT2D eigenvalue weighted by atomic mass is 10.1. The van der Waals surface area contributed by atoms with E-state index >= 15 is 0 Å². The lowest BCUT2D eigenvalue weighted by molar-refractivity contribution is -0.0908. The van der Waals surface area contributed by atoms with Crippen molar-refractivity contribution >= 4 is 0 Å². The van der Waals surface area contributed by atoms with E-state index in [1.165, 1.54) is 0 Å². The van der Waals surface area contributed by atoms with Crippen LogP contribution in [0.2, 0.25) is 0 Å². The summed E-state index contributed by atoms with van der Waals surface area (Å²) in [6.07, 6.45) is 0.299. The summed E-state index contributed by atoms with van der Waals surface area (Å²) < 4.78 is 5.62. The van der Waals surface area contributed by atoms with E-state index in [1.54, 1.807) is 0 Å². The molecule has 1 N–H and O–H groups in total. The summed E-state index contributed by atoms with van der Waals surface area (Å²) in [5.41, 5.74) is 0. The van der Waals surface area contributed by atoms with Crippen LogP contribution in [-0.4, -0.2) is 47.4 Å². The second-order valence-corrected chi connectivity index (χ2v) is 4.19. The molecule has 3 heteroatoms. The Morgan fingerprint density at radius 2 is 1.69 bits per heavy atom. The zero-order valence-electron chi connectivity index (χ0n) is 9.03. The number of nitrogens with zero attached hydrogens (tertiary/aromatic N) is 1. The Hall–Kier alpha value is -0.120. The maximum Gasteiger partial charge on any atom is 0.0678 e. The Kier molecular flexibility index (Phi) is 3.71. The molecule has 1 aliphatic rings. The Labute approximate surface area is 80.7 Å². The highest BCUT2D eigenvalue weighted by Gasteiger charge is 2.27. The van der Waals surface area contributed by atoms with Crippen LogP contribution in [0.1, 0.15) is 27.7 Å². The number of morpholine rings is 1. The van der Waals surface area contributed by atoms with Gasteiger partial charge in [0, 0.05) is 19.1 Å². The van der Waals surface area contributed by atoms with Crippen LogP contribution in [-0.2, 0) is 4.74 Å². The van der Waals surface area contributed by atoms with Gasteiger partial charge < -0.3 is 9.84 Å². The molecule has 1 saturated heterocycles. The zero-order valence-corrected chi connectivity index (χ0v) is 9.03. The molecule has 0 bridgehead atoms. The molecule has 0 spiro atoms. The first-order valence-corrected chi connectivity index (χ1v) is 5.08. The molecule has 4 unspecified atom stereocenters. The van der Waals surface area contributed by atoms with Crippen molar-refractivity contribution < 1.29 is 9.84 Å². The van der Waals surface area contributed by atoms with E-state index in [4.69, 9.17) is 4.74 Å². The number of hydrogen-bond donors (Lipinski definition) is 1. The average molecular weight is 187 g/mol. The predicted octanol–water partition coefficient (Wildman–Crippen LogP) is 0.865. The van der Waals surface area contributed by atoms with Crippen molar-refractivity contribution in [3.05, 3.63) is 0 Å². The highest BCUT2D eigenvalue weighted by Crippen LogP contribution is 2.14. The number of hydrogen-bond acceptors (Lipinski definition) is 3. The minimum absolute atomic E-state index is 0.230. The maximum atomic E-state index is 9.46. The molecule has 0 amide bonds. The predicted molar refractivity (Wildman–Crippen MR) is 52.7 cm³/mol. The summed E-state index contributed by atoms with van der Waals surface area (Å²) in [7, 11) is 0. The summed E-state index contributed by atoms with van der Waals surface area (Å²) in [6.45, 7) is 9.92. The lowest BCUT2D eigenvalue weighted by Gasteiger charge is -2.39. The molecule has 0 aromatic rings. The lowest BCUT2D eigenvalue weighted by Crippen LogP contribution is -2.52. The van der Waals surface area contributed by atoms with Gasteiger partial charge >= 0.3 is 0 Å². The van der Waals surface area contributed by atoms with E-state index in [9.17, 15) is 5.11 Å². The molecular formula is C10H21NO2. The van der Waals surface area contributed by atoms with Gasteiger partial charge in [-0.3, -0.25) is 4.90 Å². The Morgan fingerprint density at radius 1 is 1.23 bits per heavy atom. The fourth-order valence-corrected chi connectivity index (χ4v) is 1.86. The Morgan fingerprint density at radius 3 is 2.08 bits per heavy atom. The van der Waals surface area contributed by atoms with Gasteiger partial charge in [0.25, 0.3) is 0 Å². The van der Waals surface area contributed by atoms with Crippen LogP contribution in [0.5, 0.6) is 0 Å². The highest BCUT2D eigenvalue weighted by molar-refractivity contribution is 4.79. The molecule has 0 radical (unpaired) electrons. The van der Waals surface area contributed by atoms with Gasteiger partial charge in [0.1, 0.15) is 0 Å². The van der Waals surface area contributed by atoms with Crippen LogP contribution >= 0.6 is 0 Å². The summed E-state index contributed by atoms with van der Waals surface area (Å²) >= 11 is 0. The monoisotopic (exact) mass is 187 g/mol. The Bertz CT molecular complexity index is 151. The van der Waals surface area contributed by atoms with Gasteiger partial charge in [-0.1, -0.05) is 0 Å². The fraction of sp³-hybridized carbons (Fsp3) is 1.00. The minimum atomic E-state index is -0.266. The third-order valence-corrected chi connectivity index (χ3v) is 2.72. The SMILES string of the molecule is CC1CN(C(C)C(C)O)CC(C)O1. The van der Waals surface area contributed by atoms with Crippen LogP contribution in [0.25, 0.3) is 0 Å². The molecule has 0 aliphatic carbocycles. The van der Waals surface area contributed by atoms with Crippen molar-refractivity contribution in [2.45, 2.75) is 52.0 Å². The van der Waals surface area contributed by atoms with Crippen LogP contribution < -0.4 is 0 Å². The van der Waals surface area contributed by atoms with Crippen LogP contribution in [0, 0.1) is 0 Å². The molecule has 0 aromatic carbocycles. The first-order valence-electron chi connectivity index (χ1n) is 5.08. The van der Waals surface area contributed by atoms with Crippen molar-refractivity contribution in [2.24, 2.45) is 0 Å². The molecular weight excluding hydrogens is 166 g/mol. The van der Waals surface area contributed by atoms with Crippen molar-refractivity contribution in [3.63, 3.8) is 0 Å². The van der Waals surface area contributed by atoms with Crippen LogP contribution in [0.3, 0.4) is 0 Å². The van der Waals surface area contributed by atoms with E-state index in [0.29, 0.717) is 0 Å². The molecule has 78 valence electrons. The van der Waals surface area contributed by atoms with E-state index in [-0.39, 0.29) is 24.4 Å². The van der Waals surface area contributed by atoms with Crippen LogP contribution in [0.15, 0.2) is 0 Å². The molecule has 1 rings (SSSR count). The average Bonchev–Trinajstić information content (AvgIpc) is 2.01. The van der Waals surface area contributed by atoms with Gasteiger partial charge in [0.15, 0.2) is 0 Å².